The van der Waals surface area contributed by atoms with Crippen molar-refractivity contribution in [3.8, 4) is 11.8 Å². The van der Waals surface area contributed by atoms with Crippen molar-refractivity contribution in [2.45, 2.75) is 46.1 Å². The molecule has 1 rings (SSSR count). The third-order valence-corrected chi connectivity index (χ3v) is 3.19. The van der Waals surface area contributed by atoms with Gasteiger partial charge in [0.1, 0.15) is 11.6 Å². The van der Waals surface area contributed by atoms with E-state index in [9.17, 15) is 9.50 Å². The molecule has 0 unspecified atom stereocenters. The maximum absolute atomic E-state index is 13.6. The molecule has 0 amide bonds. The fourth-order valence-corrected chi connectivity index (χ4v) is 1.85. The van der Waals surface area contributed by atoms with Crippen LogP contribution in [0.3, 0.4) is 0 Å². The number of ether oxygens (including phenoxy) is 1. The average Bonchev–Trinajstić information content (AvgIpc) is 2.38. The zero-order valence-electron chi connectivity index (χ0n) is 12.3. The van der Waals surface area contributed by atoms with E-state index in [1.807, 2.05) is 13.8 Å². The number of aliphatic hydroxyl groups is 1. The molecule has 0 aliphatic heterocycles. The summed E-state index contributed by atoms with van der Waals surface area (Å²) in [5, 5.41) is 18.2. The van der Waals surface area contributed by atoms with E-state index in [1.165, 1.54) is 19.1 Å². The Morgan fingerprint density at radius 2 is 2.10 bits per heavy atom. The molecule has 0 aliphatic rings. The van der Waals surface area contributed by atoms with E-state index < -0.39 is 11.9 Å². The lowest BCUT2D eigenvalue weighted by molar-refractivity contribution is 0.194. The van der Waals surface area contributed by atoms with Crippen LogP contribution in [-0.4, -0.2) is 11.7 Å². The Bertz CT molecular complexity index is 478. The molecule has 0 heterocycles. The lowest BCUT2D eigenvalue weighted by atomic mass is 9.89. The van der Waals surface area contributed by atoms with Gasteiger partial charge in [0, 0.05) is 11.6 Å². The van der Waals surface area contributed by atoms with E-state index in [2.05, 4.69) is 6.07 Å². The average molecular weight is 279 g/mol. The normalized spacial score (nSPS) is 12.8. The molecule has 0 saturated carbocycles. The van der Waals surface area contributed by atoms with Gasteiger partial charge in [-0.2, -0.15) is 5.26 Å². The quantitative estimate of drug-likeness (QED) is 0.768. The minimum absolute atomic E-state index is 0.271. The Kier molecular flexibility index (Phi) is 5.97. The minimum Gasteiger partial charge on any atom is -0.493 e. The van der Waals surface area contributed by atoms with Crippen LogP contribution in [0.2, 0.25) is 0 Å². The summed E-state index contributed by atoms with van der Waals surface area (Å²) in [5.74, 6) is 0.00885. The van der Waals surface area contributed by atoms with Gasteiger partial charge in [-0.25, -0.2) is 4.39 Å². The molecule has 0 radical (unpaired) electrons. The van der Waals surface area contributed by atoms with Gasteiger partial charge >= 0.3 is 0 Å². The highest BCUT2D eigenvalue weighted by atomic mass is 19.1. The van der Waals surface area contributed by atoms with Crippen LogP contribution in [0.15, 0.2) is 18.2 Å². The van der Waals surface area contributed by atoms with Gasteiger partial charge in [-0.15, -0.1) is 0 Å². The second-order valence-corrected chi connectivity index (χ2v) is 5.66. The first-order valence-corrected chi connectivity index (χ1v) is 6.87. The number of nitrogens with zero attached hydrogens (tertiary/aromatic N) is 1. The standard InChI is InChI=1S/C16H22FNO2/c1-12(19)14-7-6-13(10-15(14)17)20-9-5-4-8-16(2,3)11-18/h6-7,10,12,19H,4-5,8-9H2,1-3H3/t12-/m1/s1. The molecule has 1 N–H and O–H groups in total. The van der Waals surface area contributed by atoms with Crippen molar-refractivity contribution in [3.05, 3.63) is 29.6 Å². The molecular formula is C16H22FNO2. The first-order valence-electron chi connectivity index (χ1n) is 6.87. The van der Waals surface area contributed by atoms with Crippen LogP contribution in [0, 0.1) is 22.6 Å². The van der Waals surface area contributed by atoms with Crippen molar-refractivity contribution in [2.75, 3.05) is 6.61 Å². The Morgan fingerprint density at radius 3 is 2.65 bits per heavy atom. The van der Waals surface area contributed by atoms with Crippen molar-refractivity contribution in [1.82, 2.24) is 0 Å². The topological polar surface area (TPSA) is 53.2 Å². The van der Waals surface area contributed by atoms with E-state index in [0.717, 1.165) is 19.3 Å². The second-order valence-electron chi connectivity index (χ2n) is 5.66. The molecular weight excluding hydrogens is 257 g/mol. The molecule has 0 bridgehead atoms. The largest absolute Gasteiger partial charge is 0.493 e. The van der Waals surface area contributed by atoms with Gasteiger partial charge in [0.2, 0.25) is 0 Å². The molecule has 4 heteroatoms. The molecule has 20 heavy (non-hydrogen) atoms. The Morgan fingerprint density at radius 1 is 1.40 bits per heavy atom. The van der Waals surface area contributed by atoms with Gasteiger partial charge in [-0.1, -0.05) is 0 Å². The highest BCUT2D eigenvalue weighted by Gasteiger charge is 2.15. The number of aliphatic hydroxyl groups excluding tert-OH is 1. The number of nitriles is 1. The van der Waals surface area contributed by atoms with Crippen LogP contribution in [0.4, 0.5) is 4.39 Å². The Balaban J connectivity index is 2.37. The van der Waals surface area contributed by atoms with Crippen LogP contribution < -0.4 is 4.74 Å². The summed E-state index contributed by atoms with van der Waals surface area (Å²) < 4.78 is 19.1. The molecule has 0 spiro atoms. The van der Waals surface area contributed by atoms with Crippen molar-refractivity contribution < 1.29 is 14.2 Å². The zero-order valence-corrected chi connectivity index (χ0v) is 12.3. The molecule has 110 valence electrons. The molecule has 1 aromatic carbocycles. The first kappa shape index (κ1) is 16.5. The maximum Gasteiger partial charge on any atom is 0.132 e. The molecule has 0 fully saturated rings. The highest BCUT2D eigenvalue weighted by Crippen LogP contribution is 2.23. The van der Waals surface area contributed by atoms with Gasteiger partial charge < -0.3 is 9.84 Å². The lowest BCUT2D eigenvalue weighted by Gasteiger charge is -2.14. The third kappa shape index (κ3) is 5.18. The van der Waals surface area contributed by atoms with Crippen LogP contribution in [0.1, 0.15) is 51.7 Å². The van der Waals surface area contributed by atoms with Crippen LogP contribution >= 0.6 is 0 Å². The van der Waals surface area contributed by atoms with E-state index in [-0.39, 0.29) is 11.0 Å². The fourth-order valence-electron chi connectivity index (χ4n) is 1.85. The number of hydrogen-bond acceptors (Lipinski definition) is 3. The summed E-state index contributed by atoms with van der Waals surface area (Å²) in [7, 11) is 0. The Hall–Kier alpha value is -1.60. The Labute approximate surface area is 120 Å². The summed E-state index contributed by atoms with van der Waals surface area (Å²) in [6.45, 7) is 5.85. The van der Waals surface area contributed by atoms with E-state index in [0.29, 0.717) is 12.4 Å². The van der Waals surface area contributed by atoms with Gasteiger partial charge in [0.15, 0.2) is 0 Å². The molecule has 0 aliphatic carbocycles. The van der Waals surface area contributed by atoms with Gasteiger partial charge in [0.05, 0.1) is 24.2 Å². The molecule has 1 aromatic rings. The number of hydrogen-bond donors (Lipinski definition) is 1. The summed E-state index contributed by atoms with van der Waals surface area (Å²) in [6.07, 6.45) is 1.72. The number of halogens is 1. The van der Waals surface area contributed by atoms with Gasteiger partial charge in [-0.05, 0) is 52.2 Å². The van der Waals surface area contributed by atoms with Crippen molar-refractivity contribution in [3.63, 3.8) is 0 Å². The summed E-state index contributed by atoms with van der Waals surface area (Å²) in [5.41, 5.74) is -0.0292. The van der Waals surface area contributed by atoms with Crippen LogP contribution in [-0.2, 0) is 0 Å². The van der Waals surface area contributed by atoms with Crippen LogP contribution in [0.5, 0.6) is 5.75 Å². The number of unbranched alkanes of at least 4 members (excludes halogenated alkanes) is 1. The monoisotopic (exact) mass is 279 g/mol. The number of benzene rings is 1. The van der Waals surface area contributed by atoms with E-state index >= 15 is 0 Å². The molecule has 0 aromatic heterocycles. The highest BCUT2D eigenvalue weighted by molar-refractivity contribution is 5.29. The van der Waals surface area contributed by atoms with Gasteiger partial charge in [0.25, 0.3) is 0 Å². The SMILES string of the molecule is C[C@@H](O)c1ccc(OCCCCC(C)(C)C#N)cc1F. The van der Waals surface area contributed by atoms with E-state index in [1.54, 1.807) is 6.07 Å². The smallest absolute Gasteiger partial charge is 0.132 e. The summed E-state index contributed by atoms with van der Waals surface area (Å²) >= 11 is 0. The predicted molar refractivity (Wildman–Crippen MR) is 75.8 cm³/mol. The summed E-state index contributed by atoms with van der Waals surface area (Å²) in [4.78, 5) is 0. The third-order valence-electron chi connectivity index (χ3n) is 3.19. The number of rotatable bonds is 7. The second kappa shape index (κ2) is 7.25. The summed E-state index contributed by atoms with van der Waals surface area (Å²) in [6, 6.07) is 6.75. The van der Waals surface area contributed by atoms with Gasteiger partial charge in [-0.3, -0.25) is 0 Å². The molecule has 1 atom stereocenters. The fraction of sp³-hybridized carbons (Fsp3) is 0.562. The lowest BCUT2D eigenvalue weighted by Crippen LogP contribution is -2.08. The molecule has 3 nitrogen and oxygen atoms in total. The maximum atomic E-state index is 13.6. The predicted octanol–water partition coefficient (Wildman–Crippen LogP) is 3.98. The van der Waals surface area contributed by atoms with Crippen molar-refractivity contribution in [1.29, 1.82) is 5.26 Å². The first-order chi connectivity index (χ1) is 9.35. The zero-order chi connectivity index (χ0) is 15.2. The van der Waals surface area contributed by atoms with Crippen molar-refractivity contribution >= 4 is 0 Å². The molecule has 0 saturated heterocycles. The van der Waals surface area contributed by atoms with E-state index in [4.69, 9.17) is 10.00 Å². The van der Waals surface area contributed by atoms with Crippen molar-refractivity contribution in [2.24, 2.45) is 5.41 Å². The van der Waals surface area contributed by atoms with Crippen LogP contribution in [0.25, 0.3) is 0 Å². The minimum atomic E-state index is -0.822.